The third kappa shape index (κ3) is 2.48. The Balaban J connectivity index is 4.62. The Labute approximate surface area is 78.3 Å². The van der Waals surface area contributed by atoms with Gasteiger partial charge in [0.05, 0.1) is 7.11 Å². The zero-order valence-electron chi connectivity index (χ0n) is 8.20. The quantitative estimate of drug-likeness (QED) is 0.457. The van der Waals surface area contributed by atoms with Crippen molar-refractivity contribution in [3.8, 4) is 0 Å². The van der Waals surface area contributed by atoms with Crippen LogP contribution in [0, 0.1) is 0 Å². The molecule has 1 atom stereocenters. The molecule has 0 aromatic carbocycles. The molecule has 1 unspecified atom stereocenters. The van der Waals surface area contributed by atoms with Crippen LogP contribution in [-0.4, -0.2) is 48.9 Å². The molecule has 13 heavy (non-hydrogen) atoms. The summed E-state index contributed by atoms with van der Waals surface area (Å²) in [5, 5.41) is 0. The largest absolute Gasteiger partial charge is 0.529 e. The number of esters is 1. The van der Waals surface area contributed by atoms with Gasteiger partial charge in [0.15, 0.2) is 5.67 Å². The third-order valence-corrected chi connectivity index (χ3v) is 4.39. The minimum atomic E-state index is -3.10. The first-order valence-electron chi connectivity index (χ1n) is 3.56. The molecule has 0 spiro atoms. The Hall–Kier alpha value is -0.473. The van der Waals surface area contributed by atoms with Crippen LogP contribution < -0.4 is 5.73 Å². The Morgan fingerprint density at radius 1 is 1.15 bits per heavy atom. The minimum Gasteiger partial charge on any atom is -0.468 e. The van der Waals surface area contributed by atoms with E-state index in [-0.39, 0.29) is 0 Å². The molecule has 6 nitrogen and oxygen atoms in total. The van der Waals surface area contributed by atoms with E-state index in [1.807, 2.05) is 0 Å². The zero-order valence-corrected chi connectivity index (χ0v) is 9.20. The van der Waals surface area contributed by atoms with E-state index in [1.54, 1.807) is 0 Å². The zero-order chi connectivity index (χ0) is 10.5. The summed E-state index contributed by atoms with van der Waals surface area (Å²) in [4.78, 5) is 11.1. The first-order chi connectivity index (χ1) is 6.07. The van der Waals surface area contributed by atoms with Crippen LogP contribution in [0.3, 0.4) is 0 Å². The molecular weight excluding hydrogens is 194 g/mol. The van der Waals surface area contributed by atoms with Crippen LogP contribution >= 0.6 is 0 Å². The standard InChI is InChI=1S/C6H15NO5Si/c1-9-6(8)5(7)13(10-2,11-3)12-4/h5H,7H2,1-4H3. The van der Waals surface area contributed by atoms with E-state index in [4.69, 9.17) is 19.0 Å². The van der Waals surface area contributed by atoms with Crippen molar-refractivity contribution in [3.05, 3.63) is 0 Å². The molecule has 0 saturated heterocycles. The molecule has 0 amide bonds. The number of hydrogen-bond acceptors (Lipinski definition) is 6. The van der Waals surface area contributed by atoms with Gasteiger partial charge >= 0.3 is 14.8 Å². The molecule has 0 rings (SSSR count). The molecule has 78 valence electrons. The van der Waals surface area contributed by atoms with Gasteiger partial charge in [0, 0.05) is 21.3 Å². The molecule has 0 fully saturated rings. The van der Waals surface area contributed by atoms with Gasteiger partial charge in [0.2, 0.25) is 0 Å². The van der Waals surface area contributed by atoms with E-state index in [0.29, 0.717) is 0 Å². The van der Waals surface area contributed by atoms with Crippen molar-refractivity contribution >= 4 is 14.8 Å². The van der Waals surface area contributed by atoms with Crippen LogP contribution in [0.5, 0.6) is 0 Å². The van der Waals surface area contributed by atoms with Crippen LogP contribution in [0.25, 0.3) is 0 Å². The van der Waals surface area contributed by atoms with Crippen molar-refractivity contribution in [1.82, 2.24) is 0 Å². The monoisotopic (exact) mass is 209 g/mol. The molecule has 7 heteroatoms. The Bertz CT molecular complexity index is 164. The first kappa shape index (κ1) is 12.5. The maximum atomic E-state index is 11.1. The highest BCUT2D eigenvalue weighted by Crippen LogP contribution is 2.10. The maximum Gasteiger partial charge on any atom is 0.529 e. The lowest BCUT2D eigenvalue weighted by atomic mass is 10.7. The molecule has 0 heterocycles. The molecule has 0 radical (unpaired) electrons. The number of methoxy groups -OCH3 is 1. The lowest BCUT2D eigenvalue weighted by Gasteiger charge is -2.27. The van der Waals surface area contributed by atoms with Crippen LogP contribution in [0.15, 0.2) is 0 Å². The summed E-state index contributed by atoms with van der Waals surface area (Å²) in [6.07, 6.45) is 0. The van der Waals surface area contributed by atoms with Crippen molar-refractivity contribution in [2.75, 3.05) is 28.4 Å². The number of nitrogens with two attached hydrogens (primary N) is 1. The molecule has 0 aromatic rings. The summed E-state index contributed by atoms with van der Waals surface area (Å²) in [7, 11) is 2.27. The number of hydrogen-bond donors (Lipinski definition) is 1. The number of rotatable bonds is 5. The van der Waals surface area contributed by atoms with Gasteiger partial charge in [-0.2, -0.15) is 0 Å². The van der Waals surface area contributed by atoms with Gasteiger partial charge in [-0.25, -0.2) is 0 Å². The van der Waals surface area contributed by atoms with E-state index in [1.165, 1.54) is 28.4 Å². The van der Waals surface area contributed by atoms with Crippen LogP contribution in [0.4, 0.5) is 0 Å². The van der Waals surface area contributed by atoms with Gasteiger partial charge in [-0.3, -0.25) is 4.79 Å². The fourth-order valence-electron chi connectivity index (χ4n) is 0.902. The van der Waals surface area contributed by atoms with E-state index in [2.05, 4.69) is 4.74 Å². The predicted octanol–water partition coefficient (Wildman–Crippen LogP) is -1.10. The number of ether oxygens (including phenoxy) is 1. The Morgan fingerprint density at radius 2 is 1.54 bits per heavy atom. The number of carbonyl (C=O) groups is 1. The van der Waals surface area contributed by atoms with Crippen molar-refractivity contribution in [2.45, 2.75) is 5.67 Å². The Kier molecular flexibility index (Phi) is 5.11. The highest BCUT2D eigenvalue weighted by Gasteiger charge is 2.50. The SMILES string of the molecule is COC(=O)C(N)[Si](OC)(OC)OC. The molecule has 0 aliphatic rings. The van der Waals surface area contributed by atoms with Crippen LogP contribution in [-0.2, 0) is 22.8 Å². The second-order valence-electron chi connectivity index (χ2n) is 2.22. The van der Waals surface area contributed by atoms with Gasteiger partial charge in [-0.1, -0.05) is 0 Å². The normalized spacial score (nSPS) is 13.9. The molecule has 0 aliphatic heterocycles. The lowest BCUT2D eigenvalue weighted by Crippen LogP contribution is -2.62. The molecule has 0 bridgehead atoms. The molecule has 2 N–H and O–H groups in total. The van der Waals surface area contributed by atoms with Crippen molar-refractivity contribution in [3.63, 3.8) is 0 Å². The summed E-state index contributed by atoms with van der Waals surface area (Å²) in [6, 6.07) is 0. The summed E-state index contributed by atoms with van der Waals surface area (Å²) < 4.78 is 19.4. The van der Waals surface area contributed by atoms with Crippen LogP contribution in [0.1, 0.15) is 0 Å². The summed E-state index contributed by atoms with van der Waals surface area (Å²) >= 11 is 0. The van der Waals surface area contributed by atoms with Gasteiger partial charge in [-0.05, 0) is 0 Å². The summed E-state index contributed by atoms with van der Waals surface area (Å²) in [5.41, 5.74) is 4.53. The smallest absolute Gasteiger partial charge is 0.468 e. The van der Waals surface area contributed by atoms with E-state index in [9.17, 15) is 4.79 Å². The molecular formula is C6H15NO5Si. The van der Waals surface area contributed by atoms with Crippen molar-refractivity contribution in [2.24, 2.45) is 5.73 Å². The highest BCUT2D eigenvalue weighted by molar-refractivity contribution is 6.66. The van der Waals surface area contributed by atoms with Crippen molar-refractivity contribution < 1.29 is 22.8 Å². The van der Waals surface area contributed by atoms with Crippen molar-refractivity contribution in [1.29, 1.82) is 0 Å². The fraction of sp³-hybridized carbons (Fsp3) is 0.833. The maximum absolute atomic E-state index is 11.1. The van der Waals surface area contributed by atoms with E-state index in [0.717, 1.165) is 0 Å². The average Bonchev–Trinajstić information content (AvgIpc) is 2.20. The lowest BCUT2D eigenvalue weighted by molar-refractivity contribution is -0.141. The van der Waals surface area contributed by atoms with Gasteiger partial charge < -0.3 is 23.7 Å². The second kappa shape index (κ2) is 5.30. The van der Waals surface area contributed by atoms with E-state index < -0.39 is 20.4 Å². The molecule has 0 aliphatic carbocycles. The Morgan fingerprint density at radius 3 is 1.77 bits per heavy atom. The van der Waals surface area contributed by atoms with Gasteiger partial charge in [0.1, 0.15) is 0 Å². The van der Waals surface area contributed by atoms with Crippen LogP contribution in [0.2, 0.25) is 0 Å². The minimum absolute atomic E-state index is 0.614. The fourth-order valence-corrected chi connectivity index (χ4v) is 2.57. The summed E-state index contributed by atoms with van der Waals surface area (Å²) in [5.74, 6) is -0.614. The highest BCUT2D eigenvalue weighted by atomic mass is 28.4. The third-order valence-electron chi connectivity index (χ3n) is 1.69. The summed E-state index contributed by atoms with van der Waals surface area (Å²) in [6.45, 7) is 0. The first-order valence-corrected chi connectivity index (χ1v) is 5.37. The second-order valence-corrected chi connectivity index (χ2v) is 5.27. The predicted molar refractivity (Wildman–Crippen MR) is 46.8 cm³/mol. The van der Waals surface area contributed by atoms with Gasteiger partial charge in [-0.15, -0.1) is 0 Å². The molecule has 0 saturated carbocycles. The van der Waals surface area contributed by atoms with E-state index >= 15 is 0 Å². The molecule has 0 aromatic heterocycles. The number of carbonyl (C=O) groups excluding carboxylic acids is 1. The average molecular weight is 209 g/mol. The van der Waals surface area contributed by atoms with Gasteiger partial charge in [0.25, 0.3) is 0 Å². The topological polar surface area (TPSA) is 80.0 Å².